The van der Waals surface area contributed by atoms with E-state index in [0.717, 1.165) is 47.2 Å². The summed E-state index contributed by atoms with van der Waals surface area (Å²) in [4.78, 5) is 18.0. The fraction of sp³-hybridized carbons (Fsp3) is 0.423. The number of alkyl halides is 3. The zero-order valence-corrected chi connectivity index (χ0v) is 19.7. The second kappa shape index (κ2) is 11.3. The number of rotatable bonds is 6. The van der Waals surface area contributed by atoms with Crippen molar-refractivity contribution in [3.05, 3.63) is 59.8 Å². The molecule has 1 aliphatic heterocycles. The minimum atomic E-state index is -4.36. The summed E-state index contributed by atoms with van der Waals surface area (Å²) in [6.45, 7) is 5.63. The van der Waals surface area contributed by atoms with Crippen molar-refractivity contribution in [2.24, 2.45) is 5.92 Å². The summed E-state index contributed by atoms with van der Waals surface area (Å²) in [6.07, 6.45) is -0.432. The quantitative estimate of drug-likeness (QED) is 0.469. The number of hydrogen-bond acceptors (Lipinski definition) is 3. The maximum absolute atomic E-state index is 12.9. The SMILES string of the molecule is CC.COc1ccc2[nH]cc(CC(=O)N3CCCC(COc4ccc(C(F)(F)F)cc4)C3)c2c1. The number of aromatic nitrogens is 1. The lowest BCUT2D eigenvalue weighted by Gasteiger charge is -2.32. The van der Waals surface area contributed by atoms with Gasteiger partial charge in [0.2, 0.25) is 5.91 Å². The number of benzene rings is 2. The van der Waals surface area contributed by atoms with Crippen LogP contribution in [0.15, 0.2) is 48.7 Å². The molecule has 5 nitrogen and oxygen atoms in total. The van der Waals surface area contributed by atoms with Crippen molar-refractivity contribution in [1.82, 2.24) is 9.88 Å². The smallest absolute Gasteiger partial charge is 0.416 e. The molecule has 1 aliphatic rings. The normalized spacial score (nSPS) is 16.1. The van der Waals surface area contributed by atoms with Crippen molar-refractivity contribution >= 4 is 16.8 Å². The summed E-state index contributed by atoms with van der Waals surface area (Å²) >= 11 is 0. The van der Waals surface area contributed by atoms with Gasteiger partial charge >= 0.3 is 6.18 Å². The highest BCUT2D eigenvalue weighted by atomic mass is 19.4. The van der Waals surface area contributed by atoms with Gasteiger partial charge in [0.05, 0.1) is 25.7 Å². The molecule has 184 valence electrons. The predicted molar refractivity (Wildman–Crippen MR) is 126 cm³/mol. The van der Waals surface area contributed by atoms with Crippen LogP contribution in [0.25, 0.3) is 10.9 Å². The minimum Gasteiger partial charge on any atom is -0.497 e. The molecule has 0 bridgehead atoms. The van der Waals surface area contributed by atoms with E-state index >= 15 is 0 Å². The molecule has 2 aromatic carbocycles. The van der Waals surface area contributed by atoms with Crippen LogP contribution < -0.4 is 9.47 Å². The van der Waals surface area contributed by atoms with Gasteiger partial charge in [-0.25, -0.2) is 0 Å². The Balaban J connectivity index is 0.00000158. The molecule has 0 radical (unpaired) electrons. The van der Waals surface area contributed by atoms with Crippen molar-refractivity contribution in [3.8, 4) is 11.5 Å². The maximum atomic E-state index is 12.9. The van der Waals surface area contributed by atoms with Gasteiger partial charge in [-0.1, -0.05) is 13.8 Å². The van der Waals surface area contributed by atoms with Crippen LogP contribution >= 0.6 is 0 Å². The highest BCUT2D eigenvalue weighted by Gasteiger charge is 2.30. The number of piperidine rings is 1. The molecule has 1 aromatic heterocycles. The molecule has 0 aliphatic carbocycles. The first-order valence-electron chi connectivity index (χ1n) is 11.6. The van der Waals surface area contributed by atoms with Crippen LogP contribution in [-0.4, -0.2) is 42.6 Å². The second-order valence-corrected chi connectivity index (χ2v) is 8.08. The zero-order chi connectivity index (χ0) is 24.7. The summed E-state index contributed by atoms with van der Waals surface area (Å²) in [5, 5.41) is 0.969. The number of carbonyl (C=O) groups excluding carboxylic acids is 1. The van der Waals surface area contributed by atoms with E-state index in [-0.39, 0.29) is 11.8 Å². The number of likely N-dealkylation sites (tertiary alicyclic amines) is 1. The standard InChI is InChI=1S/C24H25F3N2O3.C2H6/c1-31-20-8-9-22-21(12-20)17(13-28-22)11-23(30)29-10-2-3-16(14-29)15-32-19-6-4-18(5-7-19)24(25,26)27;1-2/h4-9,12-13,16,28H,2-3,10-11,14-15H2,1H3;1-2H3. The molecular formula is C26H31F3N2O3. The monoisotopic (exact) mass is 476 g/mol. The van der Waals surface area contributed by atoms with Gasteiger partial charge in [-0.05, 0) is 60.9 Å². The van der Waals surface area contributed by atoms with E-state index in [4.69, 9.17) is 9.47 Å². The Labute approximate surface area is 197 Å². The van der Waals surface area contributed by atoms with Crippen LogP contribution in [-0.2, 0) is 17.4 Å². The number of amides is 1. The molecule has 8 heteroatoms. The number of nitrogens with zero attached hydrogens (tertiary/aromatic N) is 1. The largest absolute Gasteiger partial charge is 0.497 e. The van der Waals surface area contributed by atoms with E-state index in [1.807, 2.05) is 43.1 Å². The number of hydrogen-bond donors (Lipinski definition) is 1. The van der Waals surface area contributed by atoms with Gasteiger partial charge in [-0.2, -0.15) is 13.2 Å². The topological polar surface area (TPSA) is 54.6 Å². The third-order valence-electron chi connectivity index (χ3n) is 5.86. The van der Waals surface area contributed by atoms with E-state index in [9.17, 15) is 18.0 Å². The van der Waals surface area contributed by atoms with Crippen molar-refractivity contribution in [1.29, 1.82) is 0 Å². The molecule has 4 rings (SSSR count). The average molecular weight is 477 g/mol. The van der Waals surface area contributed by atoms with Crippen LogP contribution in [0, 0.1) is 5.92 Å². The molecule has 34 heavy (non-hydrogen) atoms. The molecule has 1 amide bonds. The Morgan fingerprint density at radius 3 is 2.50 bits per heavy atom. The van der Waals surface area contributed by atoms with Gasteiger partial charge in [0.25, 0.3) is 0 Å². The first-order valence-corrected chi connectivity index (χ1v) is 11.6. The molecule has 1 atom stereocenters. The van der Waals surface area contributed by atoms with Gasteiger partial charge in [-0.15, -0.1) is 0 Å². The molecule has 1 N–H and O–H groups in total. The molecule has 1 fully saturated rings. The third kappa shape index (κ3) is 6.24. The van der Waals surface area contributed by atoms with Crippen molar-refractivity contribution in [3.63, 3.8) is 0 Å². The Bertz CT molecular complexity index is 1080. The molecule has 3 aromatic rings. The van der Waals surface area contributed by atoms with E-state index in [2.05, 4.69) is 4.98 Å². The van der Waals surface area contributed by atoms with E-state index in [1.165, 1.54) is 12.1 Å². The van der Waals surface area contributed by atoms with Gasteiger partial charge < -0.3 is 19.4 Å². The minimum absolute atomic E-state index is 0.0490. The van der Waals surface area contributed by atoms with Crippen LogP contribution in [0.5, 0.6) is 11.5 Å². The molecule has 1 saturated heterocycles. The number of H-pyrrole nitrogens is 1. The second-order valence-electron chi connectivity index (χ2n) is 8.08. The number of nitrogens with one attached hydrogen (secondary N) is 1. The number of halogens is 3. The molecule has 2 heterocycles. The van der Waals surface area contributed by atoms with Crippen LogP contribution in [0.4, 0.5) is 13.2 Å². The number of ether oxygens (including phenoxy) is 2. The van der Waals surface area contributed by atoms with Crippen LogP contribution in [0.1, 0.15) is 37.8 Å². The molecule has 0 spiro atoms. The van der Waals surface area contributed by atoms with Crippen LogP contribution in [0.3, 0.4) is 0 Å². The van der Waals surface area contributed by atoms with Gasteiger partial charge in [0, 0.05) is 36.1 Å². The van der Waals surface area contributed by atoms with Gasteiger partial charge in [-0.3, -0.25) is 4.79 Å². The fourth-order valence-electron chi connectivity index (χ4n) is 4.09. The van der Waals surface area contributed by atoms with Gasteiger partial charge in [0.15, 0.2) is 0 Å². The summed E-state index contributed by atoms with van der Waals surface area (Å²) in [6, 6.07) is 10.4. The first kappa shape index (κ1) is 25.5. The zero-order valence-electron chi connectivity index (χ0n) is 19.7. The van der Waals surface area contributed by atoms with E-state index in [0.29, 0.717) is 31.9 Å². The van der Waals surface area contributed by atoms with E-state index in [1.54, 1.807) is 7.11 Å². The van der Waals surface area contributed by atoms with Crippen molar-refractivity contribution in [2.45, 2.75) is 39.3 Å². The molecule has 0 saturated carbocycles. The lowest BCUT2D eigenvalue weighted by atomic mass is 9.98. The highest BCUT2D eigenvalue weighted by molar-refractivity contribution is 5.89. The number of carbonyl (C=O) groups is 1. The lowest BCUT2D eigenvalue weighted by molar-refractivity contribution is -0.137. The Morgan fingerprint density at radius 1 is 1.12 bits per heavy atom. The first-order chi connectivity index (χ1) is 16.3. The number of fused-ring (bicyclic) bond motifs is 1. The third-order valence-corrected chi connectivity index (χ3v) is 5.86. The average Bonchev–Trinajstić information content (AvgIpc) is 3.25. The lowest BCUT2D eigenvalue weighted by Crippen LogP contribution is -2.42. The van der Waals surface area contributed by atoms with E-state index < -0.39 is 11.7 Å². The molecular weight excluding hydrogens is 445 g/mol. The highest BCUT2D eigenvalue weighted by Crippen LogP contribution is 2.30. The number of aromatic amines is 1. The Kier molecular flexibility index (Phi) is 8.47. The van der Waals surface area contributed by atoms with Crippen LogP contribution in [0.2, 0.25) is 0 Å². The fourth-order valence-corrected chi connectivity index (χ4v) is 4.09. The van der Waals surface area contributed by atoms with Crippen molar-refractivity contribution in [2.75, 3.05) is 26.8 Å². The summed E-state index contributed by atoms with van der Waals surface area (Å²) in [5.74, 6) is 1.32. The summed E-state index contributed by atoms with van der Waals surface area (Å²) in [7, 11) is 1.61. The summed E-state index contributed by atoms with van der Waals surface area (Å²) in [5.41, 5.74) is 1.18. The maximum Gasteiger partial charge on any atom is 0.416 e. The Hall–Kier alpha value is -3.16. The number of methoxy groups -OCH3 is 1. The molecule has 1 unspecified atom stereocenters. The predicted octanol–water partition coefficient (Wildman–Crippen LogP) is 6.08. The van der Waals surface area contributed by atoms with Gasteiger partial charge in [0.1, 0.15) is 11.5 Å². The van der Waals surface area contributed by atoms with Crippen molar-refractivity contribution < 1.29 is 27.4 Å². The summed E-state index contributed by atoms with van der Waals surface area (Å²) < 4.78 is 49.1. The Morgan fingerprint density at radius 2 is 1.82 bits per heavy atom.